The number of carbonyl (C=O) groups excluding carboxylic acids is 1. The SMILES string of the molecule is O=C(c1cc2ccccc2nc1N1CCCC1)N1CCN(S(=O)(=O)Cc2ccccc2)CC1. The molecule has 7 nitrogen and oxygen atoms in total. The molecule has 3 heterocycles. The molecular formula is C25H28N4O3S. The lowest BCUT2D eigenvalue weighted by atomic mass is 10.1. The molecule has 0 spiro atoms. The van der Waals surface area contributed by atoms with Crippen molar-refractivity contribution in [1.29, 1.82) is 0 Å². The van der Waals surface area contributed by atoms with Gasteiger partial charge >= 0.3 is 0 Å². The van der Waals surface area contributed by atoms with Gasteiger partial charge in [-0.2, -0.15) is 4.31 Å². The van der Waals surface area contributed by atoms with Gasteiger partial charge in [-0.05, 0) is 30.5 Å². The van der Waals surface area contributed by atoms with Crippen LogP contribution in [0.2, 0.25) is 0 Å². The van der Waals surface area contributed by atoms with E-state index in [4.69, 9.17) is 4.98 Å². The second kappa shape index (κ2) is 9.11. The van der Waals surface area contributed by atoms with Crippen molar-refractivity contribution in [2.75, 3.05) is 44.2 Å². The number of nitrogens with zero attached hydrogens (tertiary/aromatic N) is 4. The van der Waals surface area contributed by atoms with Crippen molar-refractivity contribution in [3.63, 3.8) is 0 Å². The van der Waals surface area contributed by atoms with Gasteiger partial charge < -0.3 is 9.80 Å². The van der Waals surface area contributed by atoms with E-state index in [0.717, 1.165) is 48.2 Å². The van der Waals surface area contributed by atoms with Crippen LogP contribution < -0.4 is 4.90 Å². The van der Waals surface area contributed by atoms with Crippen molar-refractivity contribution in [1.82, 2.24) is 14.2 Å². The van der Waals surface area contributed by atoms with E-state index in [0.29, 0.717) is 31.7 Å². The Labute approximate surface area is 194 Å². The van der Waals surface area contributed by atoms with Crippen LogP contribution in [-0.4, -0.2) is 67.8 Å². The quantitative estimate of drug-likeness (QED) is 0.580. The lowest BCUT2D eigenvalue weighted by molar-refractivity contribution is 0.0698. The lowest BCUT2D eigenvalue weighted by Crippen LogP contribution is -2.51. The van der Waals surface area contributed by atoms with Gasteiger partial charge in [-0.25, -0.2) is 13.4 Å². The first-order chi connectivity index (χ1) is 16.0. The number of aromatic nitrogens is 1. The molecule has 2 fully saturated rings. The summed E-state index contributed by atoms with van der Waals surface area (Å²) >= 11 is 0. The molecule has 1 aromatic heterocycles. The second-order valence-corrected chi connectivity index (χ2v) is 10.6. The van der Waals surface area contributed by atoms with Crippen molar-refractivity contribution in [3.05, 3.63) is 71.8 Å². The highest BCUT2D eigenvalue weighted by Crippen LogP contribution is 2.28. The summed E-state index contributed by atoms with van der Waals surface area (Å²) < 4.78 is 27.3. The number of para-hydroxylation sites is 1. The van der Waals surface area contributed by atoms with Crippen LogP contribution in [0, 0.1) is 0 Å². The standard InChI is InChI=1S/C25H28N4O3S/c30-25(22-18-21-10-4-5-11-23(21)26-24(22)27-12-6-7-13-27)28-14-16-29(17-15-28)33(31,32)19-20-8-2-1-3-9-20/h1-5,8-11,18H,6-7,12-17,19H2. The molecule has 0 radical (unpaired) electrons. The Balaban J connectivity index is 1.34. The minimum Gasteiger partial charge on any atom is -0.356 e. The fraction of sp³-hybridized carbons (Fsp3) is 0.360. The van der Waals surface area contributed by atoms with Gasteiger partial charge in [0, 0.05) is 44.7 Å². The maximum atomic E-state index is 13.6. The molecule has 33 heavy (non-hydrogen) atoms. The summed E-state index contributed by atoms with van der Waals surface area (Å²) in [6, 6.07) is 19.0. The van der Waals surface area contributed by atoms with Crippen LogP contribution in [0.3, 0.4) is 0 Å². The van der Waals surface area contributed by atoms with Crippen molar-refractivity contribution >= 4 is 32.7 Å². The summed E-state index contributed by atoms with van der Waals surface area (Å²) in [6.07, 6.45) is 2.19. The van der Waals surface area contributed by atoms with Gasteiger partial charge in [-0.3, -0.25) is 4.79 Å². The number of pyridine rings is 1. The number of amides is 1. The third-order valence-electron chi connectivity index (χ3n) is 6.45. The highest BCUT2D eigenvalue weighted by atomic mass is 32.2. The highest BCUT2D eigenvalue weighted by Gasteiger charge is 2.31. The summed E-state index contributed by atoms with van der Waals surface area (Å²) in [5.74, 6) is 0.653. The molecule has 2 saturated heterocycles. The van der Waals surface area contributed by atoms with Gasteiger partial charge in [-0.15, -0.1) is 0 Å². The predicted molar refractivity (Wildman–Crippen MR) is 130 cm³/mol. The van der Waals surface area contributed by atoms with Gasteiger partial charge in [0.25, 0.3) is 5.91 Å². The second-order valence-electron chi connectivity index (χ2n) is 8.68. The van der Waals surface area contributed by atoms with Crippen LogP contribution >= 0.6 is 0 Å². The Bertz CT molecular complexity index is 1250. The number of anilines is 1. The monoisotopic (exact) mass is 464 g/mol. The molecule has 3 aromatic rings. The van der Waals surface area contributed by atoms with Gasteiger partial charge in [0.2, 0.25) is 10.0 Å². The van der Waals surface area contributed by atoms with E-state index in [2.05, 4.69) is 4.90 Å². The van der Waals surface area contributed by atoms with Crippen molar-refractivity contribution in [2.24, 2.45) is 0 Å². The Morgan fingerprint density at radius 1 is 0.848 bits per heavy atom. The van der Waals surface area contributed by atoms with Crippen molar-refractivity contribution in [2.45, 2.75) is 18.6 Å². The molecular weight excluding hydrogens is 436 g/mol. The number of carbonyl (C=O) groups is 1. The number of hydrogen-bond acceptors (Lipinski definition) is 5. The zero-order valence-electron chi connectivity index (χ0n) is 18.6. The van der Waals surface area contributed by atoms with Crippen LogP contribution in [0.25, 0.3) is 10.9 Å². The van der Waals surface area contributed by atoms with Gasteiger partial charge in [-0.1, -0.05) is 48.5 Å². The van der Waals surface area contributed by atoms with Crippen LogP contribution in [0.1, 0.15) is 28.8 Å². The molecule has 2 aliphatic rings. The van der Waals surface area contributed by atoms with E-state index in [-0.39, 0.29) is 11.7 Å². The van der Waals surface area contributed by atoms with Gasteiger partial charge in [0.15, 0.2) is 0 Å². The van der Waals surface area contributed by atoms with E-state index >= 15 is 0 Å². The predicted octanol–water partition coefficient (Wildman–Crippen LogP) is 3.12. The third kappa shape index (κ3) is 4.58. The maximum Gasteiger partial charge on any atom is 0.257 e. The average molecular weight is 465 g/mol. The molecule has 0 N–H and O–H groups in total. The van der Waals surface area contributed by atoms with E-state index in [9.17, 15) is 13.2 Å². The third-order valence-corrected chi connectivity index (χ3v) is 8.30. The van der Waals surface area contributed by atoms with E-state index < -0.39 is 10.0 Å². The molecule has 8 heteroatoms. The van der Waals surface area contributed by atoms with Crippen LogP contribution in [0.4, 0.5) is 5.82 Å². The molecule has 172 valence electrons. The molecule has 1 amide bonds. The Morgan fingerprint density at radius 3 is 2.24 bits per heavy atom. The number of benzene rings is 2. The minimum atomic E-state index is -3.43. The average Bonchev–Trinajstić information content (AvgIpc) is 3.38. The highest BCUT2D eigenvalue weighted by molar-refractivity contribution is 7.88. The fourth-order valence-corrected chi connectivity index (χ4v) is 6.16. The van der Waals surface area contributed by atoms with E-state index in [1.165, 1.54) is 4.31 Å². The molecule has 0 unspecified atom stereocenters. The van der Waals surface area contributed by atoms with Gasteiger partial charge in [0.1, 0.15) is 5.82 Å². The van der Waals surface area contributed by atoms with E-state index in [1.807, 2.05) is 60.7 Å². The maximum absolute atomic E-state index is 13.6. The van der Waals surface area contributed by atoms with E-state index in [1.54, 1.807) is 4.90 Å². The summed E-state index contributed by atoms with van der Waals surface area (Å²) in [5, 5.41) is 0.938. The zero-order valence-corrected chi connectivity index (χ0v) is 19.4. The van der Waals surface area contributed by atoms with Crippen LogP contribution in [0.5, 0.6) is 0 Å². The Morgan fingerprint density at radius 2 is 1.52 bits per heavy atom. The first-order valence-electron chi connectivity index (χ1n) is 11.5. The number of rotatable bonds is 5. The largest absolute Gasteiger partial charge is 0.356 e. The van der Waals surface area contributed by atoms with Crippen molar-refractivity contribution in [3.8, 4) is 0 Å². The smallest absolute Gasteiger partial charge is 0.257 e. The normalized spacial score (nSPS) is 17.6. The Kier molecular flexibility index (Phi) is 6.03. The summed E-state index contributed by atoms with van der Waals surface area (Å²) in [7, 11) is -3.43. The van der Waals surface area contributed by atoms with Crippen molar-refractivity contribution < 1.29 is 13.2 Å². The molecule has 0 atom stereocenters. The number of hydrogen-bond donors (Lipinski definition) is 0. The molecule has 5 rings (SSSR count). The van der Waals surface area contributed by atoms with Crippen LogP contribution in [-0.2, 0) is 15.8 Å². The first-order valence-corrected chi connectivity index (χ1v) is 13.1. The van der Waals surface area contributed by atoms with Crippen LogP contribution in [0.15, 0.2) is 60.7 Å². The molecule has 0 saturated carbocycles. The number of fused-ring (bicyclic) bond motifs is 1. The fourth-order valence-electron chi connectivity index (χ4n) is 4.65. The Hall–Kier alpha value is -2.97. The van der Waals surface area contributed by atoms with Gasteiger partial charge in [0.05, 0.1) is 16.8 Å². The lowest BCUT2D eigenvalue weighted by Gasteiger charge is -2.34. The minimum absolute atomic E-state index is 0.0184. The topological polar surface area (TPSA) is 73.8 Å². The molecule has 2 aromatic carbocycles. The molecule has 0 bridgehead atoms. The number of piperazine rings is 1. The summed E-state index contributed by atoms with van der Waals surface area (Å²) in [5.41, 5.74) is 2.26. The summed E-state index contributed by atoms with van der Waals surface area (Å²) in [4.78, 5) is 22.4. The zero-order chi connectivity index (χ0) is 22.8. The molecule has 0 aliphatic carbocycles. The first kappa shape index (κ1) is 21.9. The molecule has 2 aliphatic heterocycles. The summed E-state index contributed by atoms with van der Waals surface area (Å²) in [6.45, 7) is 3.16. The number of sulfonamides is 1.